The molecule has 3 nitrogen and oxygen atoms in total. The van der Waals surface area contributed by atoms with E-state index in [4.69, 9.17) is 4.99 Å². The van der Waals surface area contributed by atoms with Gasteiger partial charge in [-0.25, -0.2) is 0 Å². The Bertz CT molecular complexity index is 799. The third-order valence-electron chi connectivity index (χ3n) is 4.41. The van der Waals surface area contributed by atoms with Gasteiger partial charge in [-0.2, -0.15) is 0 Å². The van der Waals surface area contributed by atoms with Crippen molar-refractivity contribution in [3.8, 4) is 0 Å². The Hall–Kier alpha value is -2.26. The molecule has 2 aromatic rings. The fourth-order valence-electron chi connectivity index (χ4n) is 3.41. The van der Waals surface area contributed by atoms with Gasteiger partial charge < -0.3 is 5.32 Å². The lowest BCUT2D eigenvalue weighted by Gasteiger charge is -2.09. The van der Waals surface area contributed by atoms with Crippen LogP contribution in [0.4, 0.5) is 11.4 Å². The summed E-state index contributed by atoms with van der Waals surface area (Å²) >= 11 is 0. The van der Waals surface area contributed by atoms with E-state index in [9.17, 15) is 0 Å². The number of nitrogens with one attached hydrogen (secondary N) is 1. The SMILES string of the molecule is CC(CNCC=Nc1c(C)cc(C)cc1C)=Nc1c(C)cc(C)cc1C. The quantitative estimate of drug-likeness (QED) is 0.533. The van der Waals surface area contributed by atoms with Gasteiger partial charge in [0.25, 0.3) is 0 Å². The molecule has 26 heavy (non-hydrogen) atoms. The molecule has 0 heterocycles. The highest BCUT2D eigenvalue weighted by Crippen LogP contribution is 2.25. The minimum Gasteiger partial charge on any atom is -0.306 e. The van der Waals surface area contributed by atoms with Crippen molar-refractivity contribution in [3.05, 3.63) is 57.6 Å². The molecular weight excluding hydrogens is 318 g/mol. The molecule has 0 fully saturated rings. The molecule has 3 heteroatoms. The molecule has 0 aliphatic rings. The maximum atomic E-state index is 4.80. The summed E-state index contributed by atoms with van der Waals surface area (Å²) in [6.45, 7) is 16.3. The molecule has 0 amide bonds. The lowest BCUT2D eigenvalue weighted by Crippen LogP contribution is -2.22. The lowest BCUT2D eigenvalue weighted by molar-refractivity contribution is 0.892. The van der Waals surface area contributed by atoms with Crippen molar-refractivity contribution in [1.82, 2.24) is 5.32 Å². The van der Waals surface area contributed by atoms with Crippen LogP contribution < -0.4 is 5.32 Å². The molecule has 1 N–H and O–H groups in total. The molecule has 0 radical (unpaired) electrons. The Morgan fingerprint density at radius 3 is 1.77 bits per heavy atom. The molecule has 138 valence electrons. The fourth-order valence-corrected chi connectivity index (χ4v) is 3.41. The van der Waals surface area contributed by atoms with E-state index in [1.807, 2.05) is 6.21 Å². The van der Waals surface area contributed by atoms with Gasteiger partial charge in [-0.05, 0) is 70.7 Å². The molecule has 2 aromatic carbocycles. The van der Waals surface area contributed by atoms with Crippen LogP contribution in [0.15, 0.2) is 34.3 Å². The summed E-state index contributed by atoms with van der Waals surface area (Å²) < 4.78 is 0. The van der Waals surface area contributed by atoms with Crippen molar-refractivity contribution in [2.45, 2.75) is 48.5 Å². The van der Waals surface area contributed by atoms with E-state index in [0.29, 0.717) is 0 Å². The van der Waals surface area contributed by atoms with Gasteiger partial charge in [0.05, 0.1) is 11.4 Å². The van der Waals surface area contributed by atoms with Crippen LogP contribution in [-0.4, -0.2) is 25.0 Å². The highest BCUT2D eigenvalue weighted by molar-refractivity contribution is 5.87. The smallest absolute Gasteiger partial charge is 0.0687 e. The van der Waals surface area contributed by atoms with Crippen molar-refractivity contribution < 1.29 is 0 Å². The normalized spacial score (nSPS) is 12.2. The summed E-state index contributed by atoms with van der Waals surface area (Å²) in [7, 11) is 0. The summed E-state index contributed by atoms with van der Waals surface area (Å²) in [6.07, 6.45) is 1.94. The van der Waals surface area contributed by atoms with Gasteiger partial charge in [0, 0.05) is 25.0 Å². The number of nitrogens with zero attached hydrogens (tertiary/aromatic N) is 2. The third-order valence-corrected chi connectivity index (χ3v) is 4.41. The fraction of sp³-hybridized carbons (Fsp3) is 0.391. The molecule has 0 bridgehead atoms. The first-order chi connectivity index (χ1) is 12.3. The van der Waals surface area contributed by atoms with Crippen LogP contribution in [0.5, 0.6) is 0 Å². The second-order valence-electron chi connectivity index (χ2n) is 7.28. The number of hydrogen-bond donors (Lipinski definition) is 1. The van der Waals surface area contributed by atoms with E-state index in [0.717, 1.165) is 30.2 Å². The molecule has 2 rings (SSSR count). The second kappa shape index (κ2) is 8.91. The van der Waals surface area contributed by atoms with Crippen LogP contribution in [0.25, 0.3) is 0 Å². The molecule has 0 spiro atoms. The number of aryl methyl sites for hydroxylation is 6. The Kier molecular flexibility index (Phi) is 6.87. The summed E-state index contributed by atoms with van der Waals surface area (Å²) in [5.41, 5.74) is 10.7. The summed E-state index contributed by atoms with van der Waals surface area (Å²) in [4.78, 5) is 9.44. The summed E-state index contributed by atoms with van der Waals surface area (Å²) in [5, 5.41) is 3.40. The van der Waals surface area contributed by atoms with Crippen LogP contribution >= 0.6 is 0 Å². The van der Waals surface area contributed by atoms with Crippen molar-refractivity contribution in [1.29, 1.82) is 0 Å². The monoisotopic (exact) mass is 349 g/mol. The molecule has 0 saturated heterocycles. The first-order valence-corrected chi connectivity index (χ1v) is 9.21. The van der Waals surface area contributed by atoms with Crippen LogP contribution in [0.2, 0.25) is 0 Å². The molecule has 0 unspecified atom stereocenters. The van der Waals surface area contributed by atoms with Gasteiger partial charge in [0.2, 0.25) is 0 Å². The molecule has 0 aromatic heterocycles. The van der Waals surface area contributed by atoms with Gasteiger partial charge in [0.1, 0.15) is 0 Å². The van der Waals surface area contributed by atoms with Gasteiger partial charge >= 0.3 is 0 Å². The lowest BCUT2D eigenvalue weighted by atomic mass is 10.1. The minimum absolute atomic E-state index is 0.728. The topological polar surface area (TPSA) is 36.8 Å². The number of aliphatic imine (C=N–C) groups is 2. The number of rotatable bonds is 6. The zero-order valence-corrected chi connectivity index (χ0v) is 17.2. The zero-order valence-electron chi connectivity index (χ0n) is 17.2. The van der Waals surface area contributed by atoms with E-state index in [-0.39, 0.29) is 0 Å². The molecule has 0 saturated carbocycles. The Balaban J connectivity index is 1.94. The predicted octanol–water partition coefficient (Wildman–Crippen LogP) is 5.62. The van der Waals surface area contributed by atoms with E-state index >= 15 is 0 Å². The van der Waals surface area contributed by atoms with E-state index in [1.165, 1.54) is 33.4 Å². The largest absolute Gasteiger partial charge is 0.306 e. The molecule has 0 aliphatic carbocycles. The van der Waals surface area contributed by atoms with Crippen LogP contribution in [-0.2, 0) is 0 Å². The van der Waals surface area contributed by atoms with Crippen molar-refractivity contribution in [2.24, 2.45) is 9.98 Å². The predicted molar refractivity (Wildman–Crippen MR) is 115 cm³/mol. The number of benzene rings is 2. The van der Waals surface area contributed by atoms with Crippen LogP contribution in [0, 0.1) is 41.5 Å². The van der Waals surface area contributed by atoms with E-state index < -0.39 is 0 Å². The molecule has 0 atom stereocenters. The Morgan fingerprint density at radius 1 is 0.808 bits per heavy atom. The third kappa shape index (κ3) is 5.37. The first-order valence-electron chi connectivity index (χ1n) is 9.21. The Labute approximate surface area is 158 Å². The summed E-state index contributed by atoms with van der Waals surface area (Å²) in [5.74, 6) is 0. The zero-order chi connectivity index (χ0) is 19.3. The van der Waals surface area contributed by atoms with E-state index in [2.05, 4.69) is 83.0 Å². The van der Waals surface area contributed by atoms with Crippen molar-refractivity contribution >= 4 is 23.3 Å². The maximum Gasteiger partial charge on any atom is 0.0687 e. The van der Waals surface area contributed by atoms with Gasteiger partial charge in [0.15, 0.2) is 0 Å². The minimum atomic E-state index is 0.728. The first kappa shape index (κ1) is 20.1. The highest BCUT2D eigenvalue weighted by atomic mass is 14.9. The molecule has 0 aliphatic heterocycles. The van der Waals surface area contributed by atoms with Gasteiger partial charge in [-0.3, -0.25) is 9.98 Å². The highest BCUT2D eigenvalue weighted by Gasteiger charge is 2.03. The Morgan fingerprint density at radius 2 is 1.27 bits per heavy atom. The van der Waals surface area contributed by atoms with Crippen molar-refractivity contribution in [3.63, 3.8) is 0 Å². The average molecular weight is 350 g/mol. The van der Waals surface area contributed by atoms with Crippen LogP contribution in [0.3, 0.4) is 0 Å². The van der Waals surface area contributed by atoms with Gasteiger partial charge in [-0.15, -0.1) is 0 Å². The summed E-state index contributed by atoms with van der Waals surface area (Å²) in [6, 6.07) is 8.73. The standard InChI is InChI=1S/C23H31N3/c1-15-10-17(3)22(18(4)11-15)25-9-8-24-14-21(7)26-23-19(5)12-16(2)13-20(23)6/h9-13,24H,8,14H2,1-7H3. The van der Waals surface area contributed by atoms with Gasteiger partial charge in [-0.1, -0.05) is 35.4 Å². The van der Waals surface area contributed by atoms with E-state index in [1.54, 1.807) is 0 Å². The van der Waals surface area contributed by atoms with Crippen LogP contribution in [0.1, 0.15) is 40.3 Å². The average Bonchev–Trinajstić information content (AvgIpc) is 2.52. The maximum absolute atomic E-state index is 4.80. The second-order valence-corrected chi connectivity index (χ2v) is 7.28. The number of hydrogen-bond acceptors (Lipinski definition) is 3. The molecular formula is C23H31N3. The van der Waals surface area contributed by atoms with Crippen molar-refractivity contribution in [2.75, 3.05) is 13.1 Å².